The maximum absolute atomic E-state index is 15.4. The molecule has 0 aromatic heterocycles. The second-order valence-corrected chi connectivity index (χ2v) is 17.0. The zero-order valence-electron chi connectivity index (χ0n) is 33.1. The van der Waals surface area contributed by atoms with E-state index in [4.69, 9.17) is 0 Å². The van der Waals surface area contributed by atoms with E-state index in [0.29, 0.717) is 5.75 Å². The Morgan fingerprint density at radius 1 is 0.333 bits per heavy atom. The molecule has 0 aliphatic carbocycles. The number of thiol groups is 2. The quantitative estimate of drug-likeness (QED) is 0.0280. The molecule has 69 heavy (non-hydrogen) atoms. The van der Waals surface area contributed by atoms with Crippen molar-refractivity contribution in [3.63, 3.8) is 0 Å². The fourth-order valence-electron chi connectivity index (χ4n) is 7.32. The highest BCUT2D eigenvalue weighted by Crippen LogP contribution is 2.34. The second-order valence-electron chi connectivity index (χ2n) is 14.1. The lowest BCUT2D eigenvalue weighted by Gasteiger charge is -2.44. The molecule has 0 heterocycles. The van der Waals surface area contributed by atoms with E-state index in [9.17, 15) is 57.5 Å². The first-order valence-corrected chi connectivity index (χ1v) is 20.7. The zero-order valence-corrected chi connectivity index (χ0v) is 35.7. The summed E-state index contributed by atoms with van der Waals surface area (Å²) < 4.78 is 294. The van der Waals surface area contributed by atoms with Gasteiger partial charge in [-0.3, -0.25) is 4.79 Å². The summed E-state index contributed by atoms with van der Waals surface area (Å²) in [5, 5.41) is 0. The van der Waals surface area contributed by atoms with Gasteiger partial charge in [-0.15, -0.1) is 47.1 Å². The molecule has 7 aromatic rings. The van der Waals surface area contributed by atoms with E-state index in [1.54, 1.807) is 0 Å². The first-order valence-electron chi connectivity index (χ1n) is 18.5. The third-order valence-electron chi connectivity index (χ3n) is 10.3. The van der Waals surface area contributed by atoms with Gasteiger partial charge < -0.3 is 0 Å². The van der Waals surface area contributed by atoms with Gasteiger partial charge in [0, 0.05) is 5.56 Å². The van der Waals surface area contributed by atoms with Crippen molar-refractivity contribution in [2.24, 2.45) is 0 Å². The van der Waals surface area contributed by atoms with Crippen molar-refractivity contribution in [2.45, 2.75) is 19.6 Å². The van der Waals surface area contributed by atoms with Gasteiger partial charge in [0.1, 0.15) is 52.7 Å². The van der Waals surface area contributed by atoms with E-state index in [0.717, 1.165) is 25.1 Å². The third-order valence-corrected chi connectivity index (χ3v) is 13.7. The molecule has 360 valence electrons. The summed E-state index contributed by atoms with van der Waals surface area (Å²) in [6.45, 7) is 0. The van der Waals surface area contributed by atoms with Crippen molar-refractivity contribution in [2.75, 3.05) is 5.75 Å². The molecular formula is C44H17BF20OS3. The number of benzene rings is 7. The average Bonchev–Trinajstić information content (AvgIpc) is 3.34. The predicted octanol–water partition coefficient (Wildman–Crippen LogP) is 11.0. The minimum Gasteiger partial charge on any atom is -0.289 e. The van der Waals surface area contributed by atoms with Crippen molar-refractivity contribution in [1.82, 2.24) is 0 Å². The lowest BCUT2D eigenvalue weighted by molar-refractivity contribution is 0.102. The fraction of sp³-hybridized carbons (Fsp3) is 0.0227. The number of carbonyl (C=O) groups is 1. The summed E-state index contributed by atoms with van der Waals surface area (Å²) in [7, 11) is -0.407. The SMILES string of the molecule is Fc1c(F)c(F)c([B-](c2c(F)c(F)c(F)c(F)c2F)(c2c(F)c(F)c(F)c(F)c2F)c2c(F)c(F)c(F)c(F)c2F)c(F)c1F.O=C(C[S+](c1ccccc1S)c1ccccc1S)c1ccccc1. The van der Waals surface area contributed by atoms with Crippen LogP contribution < -0.4 is 21.9 Å². The van der Waals surface area contributed by atoms with Crippen molar-refractivity contribution in [1.29, 1.82) is 0 Å². The molecule has 0 aliphatic rings. The van der Waals surface area contributed by atoms with Crippen molar-refractivity contribution in [3.8, 4) is 0 Å². The van der Waals surface area contributed by atoms with E-state index in [1.165, 1.54) is 0 Å². The summed E-state index contributed by atoms with van der Waals surface area (Å²) in [5.41, 5.74) is -13.6. The van der Waals surface area contributed by atoms with Crippen LogP contribution in [0.3, 0.4) is 0 Å². The Morgan fingerprint density at radius 3 is 0.797 bits per heavy atom. The molecule has 0 aliphatic heterocycles. The van der Waals surface area contributed by atoms with E-state index >= 15 is 35.1 Å². The summed E-state index contributed by atoms with van der Waals surface area (Å²) >= 11 is 9.20. The van der Waals surface area contributed by atoms with Gasteiger partial charge in [0.25, 0.3) is 0 Å². The molecule has 0 spiro atoms. The molecule has 25 heteroatoms. The second kappa shape index (κ2) is 20.1. The molecule has 0 amide bonds. The Balaban J connectivity index is 0.000000273. The largest absolute Gasteiger partial charge is 0.289 e. The number of hydrogen-bond acceptors (Lipinski definition) is 3. The molecule has 7 aromatic carbocycles. The van der Waals surface area contributed by atoms with Gasteiger partial charge in [-0.2, -0.15) is 0 Å². The molecule has 0 bridgehead atoms. The normalized spacial score (nSPS) is 11.6. The first-order chi connectivity index (χ1) is 32.4. The van der Waals surface area contributed by atoms with Gasteiger partial charge in [-0.25, -0.2) is 87.8 Å². The number of halogens is 20. The number of hydrogen-bond donors (Lipinski definition) is 2. The molecule has 0 unspecified atom stereocenters. The van der Waals surface area contributed by atoms with Gasteiger partial charge in [-0.1, -0.05) is 54.6 Å². The lowest BCUT2D eigenvalue weighted by atomic mass is 9.12. The summed E-state index contributed by atoms with van der Waals surface area (Å²) in [6.07, 6.45) is -7.22. The average molecular weight is 1050 g/mol. The highest BCUT2D eigenvalue weighted by Gasteiger charge is 2.52. The Hall–Kier alpha value is -6.08. The fourth-order valence-corrected chi connectivity index (χ4v) is 10.4. The molecule has 0 atom stereocenters. The summed E-state index contributed by atoms with van der Waals surface area (Å²) in [4.78, 5) is 16.7. The maximum atomic E-state index is 15.4. The third kappa shape index (κ3) is 8.69. The number of rotatable bonds is 9. The predicted molar refractivity (Wildman–Crippen MR) is 216 cm³/mol. The first kappa shape index (κ1) is 52.3. The van der Waals surface area contributed by atoms with Gasteiger partial charge in [0.2, 0.25) is 5.78 Å². The maximum Gasteiger partial charge on any atom is 0.212 e. The summed E-state index contributed by atoms with van der Waals surface area (Å²) in [5.74, 6) is -70.9. The van der Waals surface area contributed by atoms with Crippen LogP contribution in [0.25, 0.3) is 0 Å². The highest BCUT2D eigenvalue weighted by atomic mass is 32.2. The molecule has 0 saturated heterocycles. The topological polar surface area (TPSA) is 17.1 Å². The smallest absolute Gasteiger partial charge is 0.212 e. The van der Waals surface area contributed by atoms with Crippen LogP contribution in [-0.4, -0.2) is 17.7 Å². The highest BCUT2D eigenvalue weighted by molar-refractivity contribution is 7.98. The molecular weight excluding hydrogens is 1030 g/mol. The van der Waals surface area contributed by atoms with Crippen molar-refractivity contribution < 1.29 is 92.6 Å². The van der Waals surface area contributed by atoms with E-state index < -0.39 is 155 Å². The Kier molecular flexibility index (Phi) is 15.2. The monoisotopic (exact) mass is 1050 g/mol. The minimum absolute atomic E-state index is 0.132. The Morgan fingerprint density at radius 2 is 0.551 bits per heavy atom. The zero-order chi connectivity index (χ0) is 51.3. The van der Waals surface area contributed by atoms with E-state index in [1.807, 2.05) is 78.9 Å². The molecule has 1 nitrogen and oxygen atoms in total. The van der Waals surface area contributed by atoms with Crippen molar-refractivity contribution in [3.05, 3.63) is 201 Å². The van der Waals surface area contributed by atoms with Crippen LogP contribution in [0.15, 0.2) is 98.4 Å². The number of ketones is 1. The van der Waals surface area contributed by atoms with Crippen LogP contribution in [0.1, 0.15) is 10.4 Å². The molecule has 0 N–H and O–H groups in total. The Labute approximate surface area is 387 Å². The molecule has 0 radical (unpaired) electrons. The molecule has 7 rings (SSSR count). The van der Waals surface area contributed by atoms with Crippen LogP contribution in [-0.2, 0) is 10.9 Å². The van der Waals surface area contributed by atoms with Gasteiger partial charge in [0.05, 0.1) is 20.7 Å². The van der Waals surface area contributed by atoms with Crippen LogP contribution in [0.4, 0.5) is 87.8 Å². The van der Waals surface area contributed by atoms with Gasteiger partial charge in [-0.05, 0) is 24.3 Å². The standard InChI is InChI=1S/C24BF20.C20H16OS3/c26-5-1(6(27)14(35)21(42)13(5)34)25(2-7(28)15(36)22(43)16(37)8(2)29,3-9(30)17(38)23(44)18(39)10(3)31)4-11(32)19(40)24(45)20(41)12(4)33;21-16(15-8-2-1-3-9-15)14-24(19-12-6-4-10-17(19)22)20-13-7-5-11-18(20)23/h;1-13H,14H2,(H-,22,23)/q-1;/p+1. The molecule has 0 fully saturated rings. The van der Waals surface area contributed by atoms with E-state index in [-0.39, 0.29) is 5.78 Å². The molecule has 0 saturated carbocycles. The van der Waals surface area contributed by atoms with Crippen LogP contribution in [0.5, 0.6) is 0 Å². The number of carbonyl (C=O) groups excluding carboxylic acids is 1. The lowest BCUT2D eigenvalue weighted by Crippen LogP contribution is -2.81. The van der Waals surface area contributed by atoms with E-state index in [2.05, 4.69) is 25.3 Å². The van der Waals surface area contributed by atoms with Crippen molar-refractivity contribution >= 4 is 69.9 Å². The van der Waals surface area contributed by atoms with Gasteiger partial charge >= 0.3 is 0 Å². The Bertz CT molecular complexity index is 2780. The van der Waals surface area contributed by atoms with Crippen LogP contribution >= 0.6 is 25.3 Å². The van der Waals surface area contributed by atoms with Crippen LogP contribution in [0.2, 0.25) is 0 Å². The minimum atomic E-state index is -7.22. The summed E-state index contributed by atoms with van der Waals surface area (Å²) in [6, 6.07) is 25.3. The van der Waals surface area contributed by atoms with Crippen LogP contribution in [0, 0.1) is 116 Å². The number of Topliss-reactive ketones (excluding diaryl/α,β-unsaturated/α-hetero) is 1. The van der Waals surface area contributed by atoms with Gasteiger partial charge in [0.15, 0.2) is 85.4 Å².